The molecule has 1 atom stereocenters. The molecule has 1 aromatic carbocycles. The van der Waals surface area contributed by atoms with Crippen molar-refractivity contribution in [2.45, 2.75) is 32.4 Å². The first-order valence-electron chi connectivity index (χ1n) is 7.42. The van der Waals surface area contributed by atoms with Crippen LogP contribution in [0.4, 0.5) is 18.9 Å². The molecule has 0 spiro atoms. The molecule has 1 aliphatic rings. The molecule has 23 heavy (non-hydrogen) atoms. The molecule has 1 N–H and O–H groups in total. The maximum absolute atomic E-state index is 12.7. The summed E-state index contributed by atoms with van der Waals surface area (Å²) in [7, 11) is 0. The molecule has 6 heteroatoms. The third-order valence-electron chi connectivity index (χ3n) is 4.09. The normalized spacial score (nSPS) is 17.7. The van der Waals surface area contributed by atoms with E-state index in [2.05, 4.69) is 12.2 Å². The number of amides is 1. The van der Waals surface area contributed by atoms with Crippen LogP contribution in [-0.4, -0.2) is 5.91 Å². The fourth-order valence-corrected chi connectivity index (χ4v) is 4.08. The quantitative estimate of drug-likeness (QED) is 0.806. The second-order valence-electron chi connectivity index (χ2n) is 5.93. The van der Waals surface area contributed by atoms with Gasteiger partial charge in [-0.2, -0.15) is 13.2 Å². The zero-order chi connectivity index (χ0) is 16.6. The molecule has 3 rings (SSSR count). The highest BCUT2D eigenvalue weighted by Crippen LogP contribution is 2.34. The number of rotatable bonds is 2. The van der Waals surface area contributed by atoms with Gasteiger partial charge in [-0.25, -0.2) is 0 Å². The highest BCUT2D eigenvalue weighted by Gasteiger charge is 2.30. The minimum atomic E-state index is -4.42. The number of anilines is 1. The molecule has 1 aromatic heterocycles. The monoisotopic (exact) mass is 339 g/mol. The van der Waals surface area contributed by atoms with Crippen molar-refractivity contribution in [2.24, 2.45) is 5.92 Å². The highest BCUT2D eigenvalue weighted by atomic mass is 32.1. The van der Waals surface area contributed by atoms with Gasteiger partial charge in [0.15, 0.2) is 0 Å². The van der Waals surface area contributed by atoms with E-state index >= 15 is 0 Å². The maximum atomic E-state index is 12.7. The van der Waals surface area contributed by atoms with Crippen molar-refractivity contribution in [3.8, 4) is 0 Å². The summed E-state index contributed by atoms with van der Waals surface area (Å²) in [6.07, 6.45) is -1.56. The van der Waals surface area contributed by atoms with Crippen LogP contribution in [0.1, 0.15) is 39.7 Å². The lowest BCUT2D eigenvalue weighted by Gasteiger charge is -2.19. The molecule has 0 radical (unpaired) electrons. The molecular weight excluding hydrogens is 323 g/mol. The summed E-state index contributed by atoms with van der Waals surface area (Å²) in [5.74, 6) is 0.275. The van der Waals surface area contributed by atoms with E-state index in [1.807, 2.05) is 5.38 Å². The first-order chi connectivity index (χ1) is 10.8. The maximum Gasteiger partial charge on any atom is 0.416 e. The zero-order valence-electron chi connectivity index (χ0n) is 12.5. The fourth-order valence-electron chi connectivity index (χ4n) is 2.84. The second kappa shape index (κ2) is 6.00. The summed E-state index contributed by atoms with van der Waals surface area (Å²) in [5.41, 5.74) is 1.04. The van der Waals surface area contributed by atoms with Crippen LogP contribution in [0.5, 0.6) is 0 Å². The summed E-state index contributed by atoms with van der Waals surface area (Å²) in [6.45, 7) is 2.19. The Morgan fingerprint density at radius 2 is 2.13 bits per heavy atom. The van der Waals surface area contributed by atoms with Gasteiger partial charge in [0.05, 0.1) is 11.1 Å². The first-order valence-corrected chi connectivity index (χ1v) is 8.30. The van der Waals surface area contributed by atoms with E-state index in [0.29, 0.717) is 11.5 Å². The molecule has 0 unspecified atom stereocenters. The van der Waals surface area contributed by atoms with E-state index in [9.17, 15) is 18.0 Å². The number of fused-ring (bicyclic) bond motifs is 1. The summed E-state index contributed by atoms with van der Waals surface area (Å²) in [6, 6.07) is 4.71. The lowest BCUT2D eigenvalue weighted by atomic mass is 9.88. The van der Waals surface area contributed by atoms with Crippen LogP contribution in [0.15, 0.2) is 29.6 Å². The fraction of sp³-hybridized carbons (Fsp3) is 0.353. The first kappa shape index (κ1) is 16.1. The minimum Gasteiger partial charge on any atom is -0.322 e. The number of hydrogen-bond acceptors (Lipinski definition) is 2. The smallest absolute Gasteiger partial charge is 0.322 e. The lowest BCUT2D eigenvalue weighted by molar-refractivity contribution is -0.137. The molecule has 2 aromatic rings. The number of thiophene rings is 1. The number of carbonyl (C=O) groups excluding carboxylic acids is 1. The Balaban J connectivity index is 1.81. The molecule has 1 aliphatic carbocycles. The van der Waals surface area contributed by atoms with Gasteiger partial charge in [0.1, 0.15) is 0 Å². The number of carbonyl (C=O) groups is 1. The van der Waals surface area contributed by atoms with Gasteiger partial charge in [-0.05, 0) is 48.9 Å². The van der Waals surface area contributed by atoms with Crippen LogP contribution in [0.3, 0.4) is 0 Å². The van der Waals surface area contributed by atoms with Gasteiger partial charge in [-0.3, -0.25) is 4.79 Å². The van der Waals surface area contributed by atoms with Gasteiger partial charge in [0.25, 0.3) is 5.91 Å². The standard InChI is InChI=1S/C17H16F3NOS/c1-10-5-6-13-14(9-23-15(13)7-10)16(22)21-12-4-2-3-11(8-12)17(18,19)20/h2-4,8-10H,5-7H2,1H3,(H,21,22)/t10-/m0/s1. The van der Waals surface area contributed by atoms with Crippen LogP contribution in [0.25, 0.3) is 0 Å². The average molecular weight is 339 g/mol. The zero-order valence-corrected chi connectivity index (χ0v) is 13.4. The number of benzene rings is 1. The Labute approximate surface area is 136 Å². The van der Waals surface area contributed by atoms with Gasteiger partial charge in [-0.15, -0.1) is 11.3 Å². The molecule has 122 valence electrons. The predicted octanol–water partition coefficient (Wildman–Crippen LogP) is 5.14. The number of hydrogen-bond donors (Lipinski definition) is 1. The number of alkyl halides is 3. The summed E-state index contributed by atoms with van der Waals surface area (Å²) in [5, 5.41) is 4.40. The predicted molar refractivity (Wildman–Crippen MR) is 84.9 cm³/mol. The van der Waals surface area contributed by atoms with E-state index < -0.39 is 11.7 Å². The molecule has 0 aliphatic heterocycles. The minimum absolute atomic E-state index is 0.161. The van der Waals surface area contributed by atoms with Crippen molar-refractivity contribution in [1.82, 2.24) is 0 Å². The Hall–Kier alpha value is -1.82. The van der Waals surface area contributed by atoms with Crippen molar-refractivity contribution in [1.29, 1.82) is 0 Å². The summed E-state index contributed by atoms with van der Waals surface area (Å²) < 4.78 is 38.2. The molecular formula is C17H16F3NOS. The average Bonchev–Trinajstić information content (AvgIpc) is 2.89. The Morgan fingerprint density at radius 1 is 1.35 bits per heavy atom. The molecule has 1 amide bonds. The topological polar surface area (TPSA) is 29.1 Å². The number of halogens is 3. The SMILES string of the molecule is C[C@H]1CCc2c(C(=O)Nc3cccc(C(F)(F)F)c3)csc2C1. The second-order valence-corrected chi connectivity index (χ2v) is 6.90. The Kier molecular flexibility index (Phi) is 4.19. The third kappa shape index (κ3) is 3.42. The van der Waals surface area contributed by atoms with E-state index in [1.54, 1.807) is 11.3 Å². The van der Waals surface area contributed by atoms with Gasteiger partial charge >= 0.3 is 6.18 Å². The Morgan fingerprint density at radius 3 is 2.87 bits per heavy atom. The van der Waals surface area contributed by atoms with E-state index in [0.717, 1.165) is 37.0 Å². The van der Waals surface area contributed by atoms with Gasteiger partial charge in [-0.1, -0.05) is 13.0 Å². The molecule has 0 fully saturated rings. The van der Waals surface area contributed by atoms with Crippen LogP contribution < -0.4 is 5.32 Å². The van der Waals surface area contributed by atoms with Crippen LogP contribution in [0.2, 0.25) is 0 Å². The van der Waals surface area contributed by atoms with Crippen LogP contribution in [-0.2, 0) is 19.0 Å². The van der Waals surface area contributed by atoms with Crippen molar-refractivity contribution < 1.29 is 18.0 Å². The molecule has 0 saturated carbocycles. The van der Waals surface area contributed by atoms with Gasteiger partial charge < -0.3 is 5.32 Å². The summed E-state index contributed by atoms with van der Waals surface area (Å²) >= 11 is 1.56. The lowest BCUT2D eigenvalue weighted by Crippen LogP contribution is -2.17. The van der Waals surface area contributed by atoms with E-state index in [-0.39, 0.29) is 11.6 Å². The van der Waals surface area contributed by atoms with Crippen molar-refractivity contribution in [3.05, 3.63) is 51.2 Å². The number of nitrogens with one attached hydrogen (secondary N) is 1. The van der Waals surface area contributed by atoms with E-state index in [1.165, 1.54) is 17.0 Å². The summed E-state index contributed by atoms with van der Waals surface area (Å²) in [4.78, 5) is 13.6. The highest BCUT2D eigenvalue weighted by molar-refractivity contribution is 7.10. The van der Waals surface area contributed by atoms with Crippen molar-refractivity contribution in [2.75, 3.05) is 5.32 Å². The largest absolute Gasteiger partial charge is 0.416 e. The Bertz CT molecular complexity index is 736. The molecule has 2 nitrogen and oxygen atoms in total. The van der Waals surface area contributed by atoms with E-state index in [4.69, 9.17) is 0 Å². The van der Waals surface area contributed by atoms with Crippen molar-refractivity contribution in [3.63, 3.8) is 0 Å². The third-order valence-corrected chi connectivity index (χ3v) is 5.15. The van der Waals surface area contributed by atoms with Crippen LogP contribution >= 0.6 is 11.3 Å². The van der Waals surface area contributed by atoms with Gasteiger partial charge in [0, 0.05) is 15.9 Å². The van der Waals surface area contributed by atoms with Crippen molar-refractivity contribution >= 4 is 22.9 Å². The van der Waals surface area contributed by atoms with Gasteiger partial charge in [0.2, 0.25) is 0 Å². The molecule has 0 bridgehead atoms. The molecule has 0 saturated heterocycles. The van der Waals surface area contributed by atoms with Crippen LogP contribution in [0, 0.1) is 5.92 Å². The molecule has 1 heterocycles.